The van der Waals surface area contributed by atoms with Crippen molar-refractivity contribution in [3.8, 4) is 0 Å². The largest absolute Gasteiger partial charge is 0.478 e. The van der Waals surface area contributed by atoms with Crippen molar-refractivity contribution in [3.05, 3.63) is 29.3 Å². The Bertz CT molecular complexity index is 505. The standard InChI is InChI=1S/C13H15F2NO4/c1-2-20-10(17)4-3-7-16-9-6-5-8(13(18)19)11(14)12(9)15/h5-6,16H,2-4,7H2,1H3,(H,18,19). The summed E-state index contributed by atoms with van der Waals surface area (Å²) in [5, 5.41) is 11.2. The van der Waals surface area contributed by atoms with Crippen LogP contribution in [0.2, 0.25) is 0 Å². The highest BCUT2D eigenvalue weighted by Crippen LogP contribution is 2.20. The van der Waals surface area contributed by atoms with Gasteiger partial charge in [0.25, 0.3) is 0 Å². The van der Waals surface area contributed by atoms with Crippen molar-refractivity contribution in [3.63, 3.8) is 0 Å². The number of hydrogen-bond acceptors (Lipinski definition) is 4. The lowest BCUT2D eigenvalue weighted by molar-refractivity contribution is -0.143. The minimum Gasteiger partial charge on any atom is -0.478 e. The number of carboxylic acids is 1. The first-order chi connectivity index (χ1) is 9.47. The van der Waals surface area contributed by atoms with E-state index in [-0.39, 0.29) is 24.6 Å². The molecular weight excluding hydrogens is 272 g/mol. The summed E-state index contributed by atoms with van der Waals surface area (Å²) < 4.78 is 31.6. The second-order valence-electron chi connectivity index (χ2n) is 3.93. The smallest absolute Gasteiger partial charge is 0.338 e. The topological polar surface area (TPSA) is 75.6 Å². The lowest BCUT2D eigenvalue weighted by Gasteiger charge is -2.09. The molecule has 0 amide bonds. The first kappa shape index (κ1) is 15.9. The third-order valence-corrected chi connectivity index (χ3v) is 2.49. The predicted molar refractivity (Wildman–Crippen MR) is 67.7 cm³/mol. The van der Waals surface area contributed by atoms with Gasteiger partial charge >= 0.3 is 11.9 Å². The van der Waals surface area contributed by atoms with Gasteiger partial charge in [-0.2, -0.15) is 0 Å². The van der Waals surface area contributed by atoms with Gasteiger partial charge in [-0.25, -0.2) is 13.6 Å². The van der Waals surface area contributed by atoms with Crippen molar-refractivity contribution in [2.45, 2.75) is 19.8 Å². The normalized spacial score (nSPS) is 10.2. The van der Waals surface area contributed by atoms with Crippen LogP contribution in [0.15, 0.2) is 12.1 Å². The zero-order chi connectivity index (χ0) is 15.1. The number of esters is 1. The van der Waals surface area contributed by atoms with Gasteiger partial charge in [-0.05, 0) is 25.5 Å². The molecule has 0 bridgehead atoms. The van der Waals surface area contributed by atoms with E-state index in [9.17, 15) is 18.4 Å². The van der Waals surface area contributed by atoms with E-state index in [0.29, 0.717) is 13.0 Å². The van der Waals surface area contributed by atoms with Gasteiger partial charge in [0.15, 0.2) is 11.6 Å². The molecule has 0 radical (unpaired) electrons. The van der Waals surface area contributed by atoms with Crippen molar-refractivity contribution >= 4 is 17.6 Å². The van der Waals surface area contributed by atoms with E-state index in [4.69, 9.17) is 9.84 Å². The third kappa shape index (κ3) is 4.18. The Balaban J connectivity index is 2.55. The minimum absolute atomic E-state index is 0.142. The number of carboxylic acid groups (broad SMARTS) is 1. The summed E-state index contributed by atoms with van der Waals surface area (Å²) in [6, 6.07) is 2.13. The highest BCUT2D eigenvalue weighted by Gasteiger charge is 2.17. The van der Waals surface area contributed by atoms with E-state index in [2.05, 4.69) is 5.32 Å². The maximum Gasteiger partial charge on any atom is 0.338 e. The van der Waals surface area contributed by atoms with Crippen molar-refractivity contribution < 1.29 is 28.2 Å². The summed E-state index contributed by atoms with van der Waals surface area (Å²) in [6.45, 7) is 2.22. The third-order valence-electron chi connectivity index (χ3n) is 2.49. The predicted octanol–water partition coefficient (Wildman–Crippen LogP) is 2.42. The molecule has 0 aliphatic heterocycles. The molecule has 1 aromatic rings. The van der Waals surface area contributed by atoms with Crippen LogP contribution in [0.1, 0.15) is 30.1 Å². The Morgan fingerprint density at radius 3 is 2.60 bits per heavy atom. The van der Waals surface area contributed by atoms with Gasteiger partial charge in [-0.3, -0.25) is 4.79 Å². The molecule has 0 atom stereocenters. The van der Waals surface area contributed by atoms with Crippen LogP contribution in [0, 0.1) is 11.6 Å². The number of rotatable bonds is 7. The van der Waals surface area contributed by atoms with Crippen LogP contribution < -0.4 is 5.32 Å². The monoisotopic (exact) mass is 287 g/mol. The van der Waals surface area contributed by atoms with Crippen LogP contribution in [0.4, 0.5) is 14.5 Å². The van der Waals surface area contributed by atoms with Gasteiger partial charge < -0.3 is 15.2 Å². The van der Waals surface area contributed by atoms with E-state index in [1.165, 1.54) is 0 Å². The highest BCUT2D eigenvalue weighted by molar-refractivity contribution is 5.88. The SMILES string of the molecule is CCOC(=O)CCCNc1ccc(C(=O)O)c(F)c1F. The number of anilines is 1. The van der Waals surface area contributed by atoms with Crippen molar-refractivity contribution in [1.29, 1.82) is 0 Å². The second-order valence-corrected chi connectivity index (χ2v) is 3.93. The summed E-state index contributed by atoms with van der Waals surface area (Å²) in [5.41, 5.74) is -0.865. The van der Waals surface area contributed by atoms with Crippen molar-refractivity contribution in [2.75, 3.05) is 18.5 Å². The van der Waals surface area contributed by atoms with Gasteiger partial charge in [0.05, 0.1) is 17.9 Å². The van der Waals surface area contributed by atoms with E-state index in [1.54, 1.807) is 6.92 Å². The number of carbonyl (C=O) groups is 2. The fourth-order valence-electron chi connectivity index (χ4n) is 1.54. The molecule has 0 unspecified atom stereocenters. The number of carbonyl (C=O) groups excluding carboxylic acids is 1. The Labute approximate surface area is 114 Å². The zero-order valence-corrected chi connectivity index (χ0v) is 10.9. The van der Waals surface area contributed by atoms with Gasteiger partial charge in [0, 0.05) is 13.0 Å². The fraction of sp³-hybridized carbons (Fsp3) is 0.385. The molecule has 0 aromatic heterocycles. The van der Waals surface area contributed by atoms with Gasteiger partial charge in [-0.15, -0.1) is 0 Å². The average Bonchev–Trinajstić information content (AvgIpc) is 2.39. The molecule has 0 saturated heterocycles. The number of ether oxygens (including phenoxy) is 1. The number of nitrogens with one attached hydrogen (secondary N) is 1. The highest BCUT2D eigenvalue weighted by atomic mass is 19.2. The molecule has 0 aliphatic rings. The van der Waals surface area contributed by atoms with E-state index in [0.717, 1.165) is 12.1 Å². The zero-order valence-electron chi connectivity index (χ0n) is 10.9. The van der Waals surface area contributed by atoms with Crippen LogP contribution in [0.5, 0.6) is 0 Å². The van der Waals surface area contributed by atoms with Gasteiger partial charge in [0.2, 0.25) is 0 Å². The first-order valence-corrected chi connectivity index (χ1v) is 6.08. The van der Waals surface area contributed by atoms with Gasteiger partial charge in [0.1, 0.15) is 0 Å². The molecule has 2 N–H and O–H groups in total. The molecule has 0 saturated carbocycles. The lowest BCUT2D eigenvalue weighted by atomic mass is 10.1. The van der Waals surface area contributed by atoms with Crippen LogP contribution >= 0.6 is 0 Å². The quantitative estimate of drug-likeness (QED) is 0.595. The number of hydrogen-bond donors (Lipinski definition) is 2. The maximum absolute atomic E-state index is 13.5. The van der Waals surface area contributed by atoms with E-state index >= 15 is 0 Å². The molecule has 0 aliphatic carbocycles. The molecule has 1 aromatic carbocycles. The van der Waals surface area contributed by atoms with Crippen LogP contribution in [-0.4, -0.2) is 30.2 Å². The molecule has 1 rings (SSSR count). The van der Waals surface area contributed by atoms with Gasteiger partial charge in [-0.1, -0.05) is 0 Å². The second kappa shape index (κ2) is 7.42. The van der Waals surface area contributed by atoms with Crippen LogP contribution in [-0.2, 0) is 9.53 Å². The Hall–Kier alpha value is -2.18. The van der Waals surface area contributed by atoms with Crippen molar-refractivity contribution in [2.24, 2.45) is 0 Å². The Morgan fingerprint density at radius 1 is 1.30 bits per heavy atom. The lowest BCUT2D eigenvalue weighted by Crippen LogP contribution is -2.10. The van der Waals surface area contributed by atoms with Crippen LogP contribution in [0.3, 0.4) is 0 Å². The number of halogens is 2. The molecule has 0 fully saturated rings. The molecule has 5 nitrogen and oxygen atoms in total. The molecule has 110 valence electrons. The minimum atomic E-state index is -1.53. The molecular formula is C13H15F2NO4. The summed E-state index contributed by atoms with van der Waals surface area (Å²) in [4.78, 5) is 21.6. The summed E-state index contributed by atoms with van der Waals surface area (Å²) in [6.07, 6.45) is 0.554. The fourth-order valence-corrected chi connectivity index (χ4v) is 1.54. The molecule has 20 heavy (non-hydrogen) atoms. The number of aromatic carboxylic acids is 1. The summed E-state index contributed by atoms with van der Waals surface area (Å²) in [5.74, 6) is -4.55. The Morgan fingerprint density at radius 2 is 2.00 bits per heavy atom. The van der Waals surface area contributed by atoms with E-state index < -0.39 is 23.2 Å². The first-order valence-electron chi connectivity index (χ1n) is 6.08. The Kier molecular flexibility index (Phi) is 5.89. The van der Waals surface area contributed by atoms with Crippen LogP contribution in [0.25, 0.3) is 0 Å². The molecule has 0 heterocycles. The van der Waals surface area contributed by atoms with E-state index in [1.807, 2.05) is 0 Å². The molecule has 0 spiro atoms. The summed E-state index contributed by atoms with van der Waals surface area (Å²) >= 11 is 0. The maximum atomic E-state index is 13.5. The average molecular weight is 287 g/mol. The summed E-state index contributed by atoms with van der Waals surface area (Å²) in [7, 11) is 0. The number of benzene rings is 1. The molecule has 7 heteroatoms. The van der Waals surface area contributed by atoms with Crippen molar-refractivity contribution in [1.82, 2.24) is 0 Å².